The maximum absolute atomic E-state index is 11.3. The van der Waals surface area contributed by atoms with Gasteiger partial charge in [0.25, 0.3) is 0 Å². The second-order valence-electron chi connectivity index (χ2n) is 5.36. The largest absolute Gasteiger partial charge is 0.398 e. The van der Waals surface area contributed by atoms with Crippen molar-refractivity contribution in [1.29, 1.82) is 0 Å². The molecule has 98 valence electrons. The first-order chi connectivity index (χ1) is 8.39. The number of hydrogen-bond donors (Lipinski definition) is 1. The summed E-state index contributed by atoms with van der Waals surface area (Å²) in [5.41, 5.74) is 7.96. The molecule has 1 aliphatic rings. The first kappa shape index (κ1) is 12.9. The molecule has 0 saturated carbocycles. The van der Waals surface area contributed by atoms with Gasteiger partial charge in [0.15, 0.2) is 5.78 Å². The van der Waals surface area contributed by atoms with Gasteiger partial charge in [0.05, 0.1) is 12.2 Å². The molecule has 4 nitrogen and oxygen atoms in total. The number of nitrogens with two attached hydrogens (primary N) is 1. The van der Waals surface area contributed by atoms with E-state index in [0.717, 1.165) is 18.8 Å². The van der Waals surface area contributed by atoms with Crippen molar-refractivity contribution in [2.24, 2.45) is 0 Å². The molecule has 1 aromatic rings. The first-order valence-corrected chi connectivity index (χ1v) is 6.18. The van der Waals surface area contributed by atoms with Gasteiger partial charge in [-0.3, -0.25) is 4.79 Å². The van der Waals surface area contributed by atoms with E-state index in [-0.39, 0.29) is 11.4 Å². The quantitative estimate of drug-likeness (QED) is 0.643. The summed E-state index contributed by atoms with van der Waals surface area (Å²) in [6, 6.07) is 5.63. The number of carbonyl (C=O) groups excluding carboxylic acids is 1. The Kier molecular flexibility index (Phi) is 3.30. The molecule has 0 bridgehead atoms. The van der Waals surface area contributed by atoms with Gasteiger partial charge in [0, 0.05) is 30.0 Å². The summed E-state index contributed by atoms with van der Waals surface area (Å²) >= 11 is 0. The van der Waals surface area contributed by atoms with E-state index in [0.29, 0.717) is 17.9 Å². The van der Waals surface area contributed by atoms with Crippen molar-refractivity contribution < 1.29 is 9.53 Å². The van der Waals surface area contributed by atoms with Gasteiger partial charge >= 0.3 is 0 Å². The SMILES string of the molecule is CC(=O)c1ccc(N2CCOC(C)(C)C2)cc1N. The zero-order valence-electron chi connectivity index (χ0n) is 11.2. The molecule has 0 atom stereocenters. The Morgan fingerprint density at radius 1 is 1.44 bits per heavy atom. The van der Waals surface area contributed by atoms with Crippen LogP contribution in [0.25, 0.3) is 0 Å². The highest BCUT2D eigenvalue weighted by atomic mass is 16.5. The fourth-order valence-electron chi connectivity index (χ4n) is 2.30. The van der Waals surface area contributed by atoms with Crippen molar-refractivity contribution in [3.63, 3.8) is 0 Å². The molecule has 1 saturated heterocycles. The van der Waals surface area contributed by atoms with E-state index in [2.05, 4.69) is 18.7 Å². The maximum atomic E-state index is 11.3. The lowest BCUT2D eigenvalue weighted by Gasteiger charge is -2.39. The van der Waals surface area contributed by atoms with Gasteiger partial charge in [-0.15, -0.1) is 0 Å². The molecule has 4 heteroatoms. The van der Waals surface area contributed by atoms with Crippen LogP contribution in [0.1, 0.15) is 31.1 Å². The van der Waals surface area contributed by atoms with Crippen molar-refractivity contribution in [2.45, 2.75) is 26.4 Å². The van der Waals surface area contributed by atoms with Crippen LogP contribution < -0.4 is 10.6 Å². The Balaban J connectivity index is 2.24. The minimum Gasteiger partial charge on any atom is -0.398 e. The van der Waals surface area contributed by atoms with Crippen molar-refractivity contribution in [3.05, 3.63) is 23.8 Å². The molecule has 1 heterocycles. The third-order valence-corrected chi connectivity index (χ3v) is 3.21. The van der Waals surface area contributed by atoms with Crippen LogP contribution in [-0.2, 0) is 4.74 Å². The van der Waals surface area contributed by atoms with Crippen molar-refractivity contribution in [2.75, 3.05) is 30.3 Å². The molecule has 0 amide bonds. The van der Waals surface area contributed by atoms with Gasteiger partial charge in [0.1, 0.15) is 0 Å². The van der Waals surface area contributed by atoms with Crippen LogP contribution in [0.3, 0.4) is 0 Å². The fraction of sp³-hybridized carbons (Fsp3) is 0.500. The second kappa shape index (κ2) is 4.61. The Hall–Kier alpha value is -1.55. The number of nitrogen functional groups attached to an aromatic ring is 1. The van der Waals surface area contributed by atoms with Crippen LogP contribution in [0.2, 0.25) is 0 Å². The number of Topliss-reactive ketones (excluding diaryl/α,β-unsaturated/α-hetero) is 1. The minimum absolute atomic E-state index is 0.00126. The zero-order valence-corrected chi connectivity index (χ0v) is 11.2. The van der Waals surface area contributed by atoms with Gasteiger partial charge in [-0.2, -0.15) is 0 Å². The number of benzene rings is 1. The van der Waals surface area contributed by atoms with Crippen molar-refractivity contribution in [1.82, 2.24) is 0 Å². The Bertz CT molecular complexity index is 469. The van der Waals surface area contributed by atoms with E-state index in [9.17, 15) is 4.79 Å². The van der Waals surface area contributed by atoms with Crippen molar-refractivity contribution >= 4 is 17.2 Å². The average molecular weight is 248 g/mol. The number of ether oxygens (including phenoxy) is 1. The van der Waals surface area contributed by atoms with Crippen LogP contribution in [0.5, 0.6) is 0 Å². The standard InChI is InChI=1S/C14H20N2O2/c1-10(17)12-5-4-11(8-13(12)15)16-6-7-18-14(2,3)9-16/h4-5,8H,6-7,9,15H2,1-3H3. The first-order valence-electron chi connectivity index (χ1n) is 6.18. The summed E-state index contributed by atoms with van der Waals surface area (Å²) in [7, 11) is 0. The second-order valence-corrected chi connectivity index (χ2v) is 5.36. The summed E-state index contributed by atoms with van der Waals surface area (Å²) in [4.78, 5) is 13.6. The third kappa shape index (κ3) is 2.64. The number of hydrogen-bond acceptors (Lipinski definition) is 4. The van der Waals surface area contributed by atoms with Crippen LogP contribution >= 0.6 is 0 Å². The molecule has 0 aliphatic carbocycles. The van der Waals surface area contributed by atoms with E-state index in [4.69, 9.17) is 10.5 Å². The lowest BCUT2D eigenvalue weighted by molar-refractivity contribution is -0.0276. The monoisotopic (exact) mass is 248 g/mol. The summed E-state index contributed by atoms with van der Waals surface area (Å²) in [5, 5.41) is 0. The highest BCUT2D eigenvalue weighted by Crippen LogP contribution is 2.26. The predicted octanol–water partition coefficient (Wildman–Crippen LogP) is 2.09. The normalized spacial score (nSPS) is 18.7. The number of ketones is 1. The summed E-state index contributed by atoms with van der Waals surface area (Å²) < 4.78 is 5.68. The van der Waals surface area contributed by atoms with Crippen LogP contribution in [-0.4, -0.2) is 31.1 Å². The lowest BCUT2D eigenvalue weighted by atomic mass is 10.0. The molecule has 0 radical (unpaired) electrons. The molecule has 2 rings (SSSR count). The number of carbonyl (C=O) groups is 1. The predicted molar refractivity (Wildman–Crippen MR) is 73.1 cm³/mol. The molecule has 2 N–H and O–H groups in total. The smallest absolute Gasteiger partial charge is 0.161 e. The van der Waals surface area contributed by atoms with E-state index in [1.165, 1.54) is 6.92 Å². The summed E-state index contributed by atoms with van der Waals surface area (Å²) in [5.74, 6) is 0.00126. The third-order valence-electron chi connectivity index (χ3n) is 3.21. The molecular weight excluding hydrogens is 228 g/mol. The number of morpholine rings is 1. The van der Waals surface area contributed by atoms with Gasteiger partial charge in [-0.25, -0.2) is 0 Å². The van der Waals surface area contributed by atoms with Gasteiger partial charge < -0.3 is 15.4 Å². The fourth-order valence-corrected chi connectivity index (χ4v) is 2.30. The van der Waals surface area contributed by atoms with Gasteiger partial charge in [-0.05, 0) is 39.0 Å². The highest BCUT2D eigenvalue weighted by molar-refractivity contribution is 5.99. The molecule has 0 aromatic heterocycles. The lowest BCUT2D eigenvalue weighted by Crippen LogP contribution is -2.48. The van der Waals surface area contributed by atoms with Crippen LogP contribution in [0.15, 0.2) is 18.2 Å². The summed E-state index contributed by atoms with van der Waals surface area (Å²) in [6.45, 7) is 8.07. The van der Waals surface area contributed by atoms with Crippen LogP contribution in [0.4, 0.5) is 11.4 Å². The zero-order chi connectivity index (χ0) is 13.3. The van der Waals surface area contributed by atoms with E-state index < -0.39 is 0 Å². The molecule has 1 aliphatic heterocycles. The van der Waals surface area contributed by atoms with E-state index in [1.54, 1.807) is 6.07 Å². The molecular formula is C14H20N2O2. The highest BCUT2D eigenvalue weighted by Gasteiger charge is 2.27. The molecule has 0 unspecified atom stereocenters. The topological polar surface area (TPSA) is 55.6 Å². The van der Waals surface area contributed by atoms with E-state index >= 15 is 0 Å². The van der Waals surface area contributed by atoms with Gasteiger partial charge in [-0.1, -0.05) is 0 Å². The number of anilines is 2. The Labute approximate surface area is 108 Å². The Morgan fingerprint density at radius 3 is 2.72 bits per heavy atom. The average Bonchev–Trinajstić information content (AvgIpc) is 2.27. The maximum Gasteiger partial charge on any atom is 0.161 e. The molecule has 18 heavy (non-hydrogen) atoms. The Morgan fingerprint density at radius 2 is 2.17 bits per heavy atom. The minimum atomic E-state index is -0.147. The molecule has 1 aromatic carbocycles. The van der Waals surface area contributed by atoms with Crippen LogP contribution in [0, 0.1) is 0 Å². The number of nitrogens with zero attached hydrogens (tertiary/aromatic N) is 1. The summed E-state index contributed by atoms with van der Waals surface area (Å²) in [6.07, 6.45) is 0. The molecule has 0 spiro atoms. The van der Waals surface area contributed by atoms with E-state index in [1.807, 2.05) is 12.1 Å². The van der Waals surface area contributed by atoms with Gasteiger partial charge in [0.2, 0.25) is 0 Å². The number of rotatable bonds is 2. The van der Waals surface area contributed by atoms with Crippen molar-refractivity contribution in [3.8, 4) is 0 Å². The molecule has 1 fully saturated rings.